The summed E-state index contributed by atoms with van der Waals surface area (Å²) in [5, 5.41) is 0. The van der Waals surface area contributed by atoms with Crippen LogP contribution in [0.5, 0.6) is 0 Å². The van der Waals surface area contributed by atoms with Crippen LogP contribution in [-0.2, 0) is 0 Å². The zero-order valence-electron chi connectivity index (χ0n) is 11.8. The van der Waals surface area contributed by atoms with Crippen molar-refractivity contribution in [3.63, 3.8) is 0 Å². The summed E-state index contributed by atoms with van der Waals surface area (Å²) in [6, 6.07) is -0.0600. The van der Waals surface area contributed by atoms with E-state index in [9.17, 15) is 9.59 Å². The van der Waals surface area contributed by atoms with Crippen molar-refractivity contribution >= 4 is 19.1 Å². The molecule has 4 nitrogen and oxygen atoms in total. The summed E-state index contributed by atoms with van der Waals surface area (Å²) < 4.78 is 1.83. The Bertz CT molecular complexity index is 310. The van der Waals surface area contributed by atoms with Gasteiger partial charge in [0.15, 0.2) is 7.41 Å². The summed E-state index contributed by atoms with van der Waals surface area (Å²) in [4.78, 5) is 25.9. The largest absolute Gasteiger partial charge is 1.00 e. The Balaban J connectivity index is 0.00000289. The van der Waals surface area contributed by atoms with Gasteiger partial charge in [-0.3, -0.25) is 0 Å². The number of urea groups is 1. The van der Waals surface area contributed by atoms with Crippen LogP contribution in [0.15, 0.2) is 0 Å². The van der Waals surface area contributed by atoms with E-state index in [0.29, 0.717) is 6.54 Å². The smallest absolute Gasteiger partial charge is 0.392 e. The van der Waals surface area contributed by atoms with Gasteiger partial charge in [0.25, 0.3) is 0 Å². The molecular formula is C12H24IN2O2P. The van der Waals surface area contributed by atoms with Crippen molar-refractivity contribution in [1.82, 2.24) is 9.57 Å². The lowest BCUT2D eigenvalue weighted by Gasteiger charge is -2.18. The maximum absolute atomic E-state index is 12.2. The topological polar surface area (TPSA) is 40.6 Å². The molecule has 0 spiro atoms. The van der Waals surface area contributed by atoms with Crippen LogP contribution in [-0.4, -0.2) is 47.7 Å². The van der Waals surface area contributed by atoms with Gasteiger partial charge in [-0.2, -0.15) is 4.67 Å². The van der Waals surface area contributed by atoms with Gasteiger partial charge in [0.1, 0.15) is 0 Å². The fourth-order valence-corrected chi connectivity index (χ4v) is 4.15. The Labute approximate surface area is 128 Å². The van der Waals surface area contributed by atoms with Gasteiger partial charge in [-0.1, -0.05) is 26.7 Å². The minimum absolute atomic E-state index is 0. The van der Waals surface area contributed by atoms with Crippen molar-refractivity contribution in [1.29, 1.82) is 0 Å². The van der Waals surface area contributed by atoms with Crippen molar-refractivity contribution in [3.05, 3.63) is 0 Å². The molecule has 1 rings (SSSR count). The molecule has 0 unspecified atom stereocenters. The van der Waals surface area contributed by atoms with E-state index in [4.69, 9.17) is 0 Å². The van der Waals surface area contributed by atoms with E-state index >= 15 is 0 Å². The number of carbonyl (C=O) groups is 2. The molecule has 0 aliphatic carbocycles. The SMILES string of the molecule is CCCCN1C(=O)N(CCCC)[P+](C)(C)C1=O.[I-]. The Hall–Kier alpha value is 0.100. The highest BCUT2D eigenvalue weighted by Gasteiger charge is 2.58. The molecule has 6 heteroatoms. The van der Waals surface area contributed by atoms with Gasteiger partial charge < -0.3 is 24.0 Å². The lowest BCUT2D eigenvalue weighted by Crippen LogP contribution is -3.00. The molecule has 0 aromatic carbocycles. The summed E-state index contributed by atoms with van der Waals surface area (Å²) in [7, 11) is -1.91. The molecule has 1 heterocycles. The quantitative estimate of drug-likeness (QED) is 0.497. The minimum Gasteiger partial charge on any atom is -1.00 e. The lowest BCUT2D eigenvalue weighted by molar-refractivity contribution is -0.0000113. The molecule has 0 aromatic rings. The van der Waals surface area contributed by atoms with Gasteiger partial charge in [-0.25, -0.2) is 14.5 Å². The second-order valence-electron chi connectivity index (χ2n) is 4.94. The standard InChI is InChI=1S/C12H24N2O2P.HI/c1-5-7-9-13-11(15)14(10-8-6-2)17(3,4)12(13)16;/h5-10H2,1-4H3;1H/q+1;/p-1. The van der Waals surface area contributed by atoms with E-state index in [1.807, 2.05) is 18.0 Å². The van der Waals surface area contributed by atoms with E-state index in [1.54, 1.807) is 0 Å². The van der Waals surface area contributed by atoms with Crippen LogP contribution in [0.1, 0.15) is 39.5 Å². The number of nitrogens with zero attached hydrogens (tertiary/aromatic N) is 2. The van der Waals surface area contributed by atoms with Crippen LogP contribution >= 0.6 is 7.41 Å². The minimum atomic E-state index is -1.91. The fraction of sp³-hybridized carbons (Fsp3) is 0.833. The maximum Gasteiger partial charge on any atom is 0.392 e. The molecule has 1 saturated heterocycles. The van der Waals surface area contributed by atoms with Gasteiger partial charge >= 0.3 is 11.7 Å². The third kappa shape index (κ3) is 3.56. The second-order valence-corrected chi connectivity index (χ2v) is 8.60. The molecule has 1 aliphatic rings. The molecule has 0 aromatic heterocycles. The van der Waals surface area contributed by atoms with Crippen molar-refractivity contribution < 1.29 is 33.6 Å². The normalized spacial score (nSPS) is 18.2. The van der Waals surface area contributed by atoms with E-state index in [0.717, 1.165) is 32.2 Å². The third-order valence-corrected chi connectivity index (χ3v) is 5.97. The Kier molecular flexibility index (Phi) is 7.67. The molecule has 0 radical (unpaired) electrons. The first-order chi connectivity index (χ1) is 7.96. The van der Waals surface area contributed by atoms with Gasteiger partial charge in [0, 0.05) is 6.54 Å². The number of imide groups is 1. The average molecular weight is 386 g/mol. The van der Waals surface area contributed by atoms with Crippen LogP contribution < -0.4 is 24.0 Å². The summed E-state index contributed by atoms with van der Waals surface area (Å²) >= 11 is 0. The summed E-state index contributed by atoms with van der Waals surface area (Å²) in [6.45, 7) is 9.39. The molecule has 106 valence electrons. The van der Waals surface area contributed by atoms with Crippen molar-refractivity contribution in [3.8, 4) is 0 Å². The predicted molar refractivity (Wildman–Crippen MR) is 72.8 cm³/mol. The highest BCUT2D eigenvalue weighted by Crippen LogP contribution is 2.61. The predicted octanol–water partition coefficient (Wildman–Crippen LogP) is 0.640. The number of carbonyl (C=O) groups excluding carboxylic acids is 2. The molecule has 0 N–H and O–H groups in total. The third-order valence-electron chi connectivity index (χ3n) is 3.21. The van der Waals surface area contributed by atoms with Crippen LogP contribution in [0.3, 0.4) is 0 Å². The first-order valence-electron chi connectivity index (χ1n) is 6.44. The first-order valence-corrected chi connectivity index (χ1v) is 9.08. The highest BCUT2D eigenvalue weighted by atomic mass is 127. The molecule has 0 saturated carbocycles. The zero-order valence-corrected chi connectivity index (χ0v) is 14.8. The molecule has 1 fully saturated rings. The van der Waals surface area contributed by atoms with Crippen LogP contribution in [0.25, 0.3) is 0 Å². The van der Waals surface area contributed by atoms with Crippen LogP contribution in [0.4, 0.5) is 9.59 Å². The van der Waals surface area contributed by atoms with Crippen molar-refractivity contribution in [2.24, 2.45) is 0 Å². The Morgan fingerprint density at radius 2 is 1.50 bits per heavy atom. The number of halogens is 1. The summed E-state index contributed by atoms with van der Waals surface area (Å²) in [6.07, 6.45) is 3.93. The average Bonchev–Trinajstić information content (AvgIpc) is 2.43. The maximum atomic E-state index is 12.2. The number of unbranched alkanes of at least 4 members (excludes halogenated alkanes) is 2. The van der Waals surface area contributed by atoms with Crippen molar-refractivity contribution in [2.75, 3.05) is 26.4 Å². The van der Waals surface area contributed by atoms with E-state index in [1.165, 1.54) is 4.90 Å². The Morgan fingerprint density at radius 1 is 1.00 bits per heavy atom. The van der Waals surface area contributed by atoms with Crippen molar-refractivity contribution in [2.45, 2.75) is 39.5 Å². The summed E-state index contributed by atoms with van der Waals surface area (Å²) in [5.41, 5.74) is 0.0621. The van der Waals surface area contributed by atoms with E-state index < -0.39 is 7.41 Å². The van der Waals surface area contributed by atoms with Gasteiger partial charge in [-0.15, -0.1) is 0 Å². The highest BCUT2D eigenvalue weighted by molar-refractivity contribution is 7.88. The zero-order chi connectivity index (χ0) is 13.1. The number of hydrogen-bond donors (Lipinski definition) is 0. The monoisotopic (exact) mass is 386 g/mol. The fourth-order valence-electron chi connectivity index (χ4n) is 1.99. The van der Waals surface area contributed by atoms with Gasteiger partial charge in [0.05, 0.1) is 19.9 Å². The van der Waals surface area contributed by atoms with Gasteiger partial charge in [0.2, 0.25) is 0 Å². The second kappa shape index (κ2) is 7.63. The van der Waals surface area contributed by atoms with Crippen LogP contribution in [0, 0.1) is 0 Å². The number of hydrogen-bond acceptors (Lipinski definition) is 2. The number of amides is 3. The molecular weight excluding hydrogens is 362 g/mol. The summed E-state index contributed by atoms with van der Waals surface area (Å²) in [5.74, 6) is 0. The first kappa shape index (κ1) is 18.1. The van der Waals surface area contributed by atoms with E-state index in [2.05, 4.69) is 13.8 Å². The molecule has 3 amide bonds. The van der Waals surface area contributed by atoms with Crippen LogP contribution in [0.2, 0.25) is 0 Å². The van der Waals surface area contributed by atoms with E-state index in [-0.39, 0.29) is 35.7 Å². The molecule has 18 heavy (non-hydrogen) atoms. The Morgan fingerprint density at radius 3 is 2.00 bits per heavy atom. The number of rotatable bonds is 6. The molecule has 1 aliphatic heterocycles. The van der Waals surface area contributed by atoms with Gasteiger partial charge in [-0.05, 0) is 12.8 Å². The lowest BCUT2D eigenvalue weighted by atomic mass is 10.3. The molecule has 0 atom stereocenters. The molecule has 0 bridgehead atoms.